The molecule has 0 heterocycles. The van der Waals surface area contributed by atoms with Gasteiger partial charge in [-0.05, 0) is 32.6 Å². The molecule has 0 radical (unpaired) electrons. The first-order valence-electron chi connectivity index (χ1n) is 5.57. The molecule has 0 aliphatic rings. The van der Waals surface area contributed by atoms with Crippen molar-refractivity contribution in [3.63, 3.8) is 0 Å². The first kappa shape index (κ1) is 13.4. The van der Waals surface area contributed by atoms with Crippen LogP contribution in [-0.4, -0.2) is 23.2 Å². The second-order valence-electron chi connectivity index (χ2n) is 3.87. The fraction of sp³-hybridized carbons (Fsp3) is 0.909. The lowest BCUT2D eigenvalue weighted by atomic mass is 10.1. The molecule has 0 amide bonds. The van der Waals surface area contributed by atoms with Gasteiger partial charge in [0.05, 0.1) is 0 Å². The minimum absolute atomic E-state index is 0.287. The number of rotatable bonds is 8. The summed E-state index contributed by atoms with van der Waals surface area (Å²) in [6.45, 7) is 6.47. The van der Waals surface area contributed by atoms with Crippen LogP contribution < -0.4 is 5.32 Å². The van der Waals surface area contributed by atoms with Gasteiger partial charge < -0.3 is 10.4 Å². The Morgan fingerprint density at radius 3 is 2.36 bits per heavy atom. The third kappa shape index (κ3) is 6.89. The van der Waals surface area contributed by atoms with Crippen molar-refractivity contribution in [1.82, 2.24) is 5.32 Å². The highest BCUT2D eigenvalue weighted by Gasteiger charge is 2.08. The van der Waals surface area contributed by atoms with Crippen molar-refractivity contribution in [2.75, 3.05) is 0 Å². The van der Waals surface area contributed by atoms with E-state index >= 15 is 0 Å². The van der Waals surface area contributed by atoms with Gasteiger partial charge in [0.1, 0.15) is 0 Å². The average Bonchev–Trinajstić information content (AvgIpc) is 2.13. The summed E-state index contributed by atoms with van der Waals surface area (Å²) in [6.07, 6.45) is 4.28. The van der Waals surface area contributed by atoms with Crippen molar-refractivity contribution in [2.24, 2.45) is 0 Å². The van der Waals surface area contributed by atoms with Gasteiger partial charge in [0, 0.05) is 18.5 Å². The van der Waals surface area contributed by atoms with Crippen LogP contribution in [-0.2, 0) is 4.79 Å². The van der Waals surface area contributed by atoms with Crippen LogP contribution in [0.3, 0.4) is 0 Å². The average molecular weight is 201 g/mol. The van der Waals surface area contributed by atoms with Gasteiger partial charge in [-0.25, -0.2) is 0 Å². The zero-order valence-electron chi connectivity index (χ0n) is 9.55. The third-order valence-electron chi connectivity index (χ3n) is 2.53. The summed E-state index contributed by atoms with van der Waals surface area (Å²) in [5.41, 5.74) is 0. The summed E-state index contributed by atoms with van der Waals surface area (Å²) in [5.74, 6) is -0.695. The van der Waals surface area contributed by atoms with E-state index in [0.717, 1.165) is 25.7 Å². The smallest absolute Gasteiger partial charge is 0.303 e. The number of aliphatic carboxylic acids is 1. The maximum absolute atomic E-state index is 10.3. The van der Waals surface area contributed by atoms with Crippen molar-refractivity contribution in [3.8, 4) is 0 Å². The minimum Gasteiger partial charge on any atom is -0.481 e. The first-order valence-corrected chi connectivity index (χ1v) is 5.57. The molecule has 3 nitrogen and oxygen atoms in total. The van der Waals surface area contributed by atoms with Crippen LogP contribution >= 0.6 is 0 Å². The molecule has 0 bridgehead atoms. The predicted molar refractivity (Wildman–Crippen MR) is 58.5 cm³/mol. The van der Waals surface area contributed by atoms with Gasteiger partial charge in [0.2, 0.25) is 0 Å². The highest BCUT2D eigenvalue weighted by Crippen LogP contribution is 2.04. The Hall–Kier alpha value is -0.570. The van der Waals surface area contributed by atoms with Gasteiger partial charge in [0.15, 0.2) is 0 Å². The largest absolute Gasteiger partial charge is 0.481 e. The second-order valence-corrected chi connectivity index (χ2v) is 3.87. The molecule has 0 aromatic rings. The number of nitrogens with one attached hydrogen (secondary N) is 1. The summed E-state index contributed by atoms with van der Waals surface area (Å²) in [7, 11) is 0. The van der Waals surface area contributed by atoms with E-state index in [1.807, 2.05) is 0 Å². The molecule has 0 saturated carbocycles. The molecule has 1 unspecified atom stereocenters. The molecular formula is C11H23NO2. The lowest BCUT2D eigenvalue weighted by Crippen LogP contribution is -2.35. The molecule has 84 valence electrons. The summed E-state index contributed by atoms with van der Waals surface area (Å²) < 4.78 is 0. The van der Waals surface area contributed by atoms with E-state index in [2.05, 4.69) is 26.1 Å². The summed E-state index contributed by atoms with van der Waals surface area (Å²) in [5, 5.41) is 12.0. The molecule has 0 aliphatic carbocycles. The highest BCUT2D eigenvalue weighted by atomic mass is 16.4. The monoisotopic (exact) mass is 201 g/mol. The molecule has 0 aliphatic heterocycles. The van der Waals surface area contributed by atoms with Crippen molar-refractivity contribution >= 4 is 5.97 Å². The van der Waals surface area contributed by atoms with E-state index in [1.165, 1.54) is 0 Å². The van der Waals surface area contributed by atoms with Gasteiger partial charge in [-0.15, -0.1) is 0 Å². The van der Waals surface area contributed by atoms with Crippen LogP contribution in [0.2, 0.25) is 0 Å². The van der Waals surface area contributed by atoms with Crippen LogP contribution in [0.5, 0.6) is 0 Å². The molecule has 1 atom stereocenters. The van der Waals surface area contributed by atoms with Crippen molar-refractivity contribution in [3.05, 3.63) is 0 Å². The fourth-order valence-corrected chi connectivity index (χ4v) is 1.57. The third-order valence-corrected chi connectivity index (χ3v) is 2.53. The van der Waals surface area contributed by atoms with Crippen molar-refractivity contribution in [1.29, 1.82) is 0 Å². The van der Waals surface area contributed by atoms with Crippen LogP contribution in [0.4, 0.5) is 0 Å². The zero-order chi connectivity index (χ0) is 11.0. The number of hydrogen-bond donors (Lipinski definition) is 2. The van der Waals surface area contributed by atoms with Gasteiger partial charge in [-0.2, -0.15) is 0 Å². The van der Waals surface area contributed by atoms with Gasteiger partial charge in [-0.3, -0.25) is 4.79 Å². The standard InChI is InChI=1S/C11H23NO2/c1-4-10(5-2)12-9(3)7-6-8-11(13)14/h9-10,12H,4-8H2,1-3H3,(H,13,14). The summed E-state index contributed by atoms with van der Waals surface area (Å²) in [6, 6.07) is 1.01. The van der Waals surface area contributed by atoms with Crippen LogP contribution in [0.25, 0.3) is 0 Å². The molecule has 0 aromatic carbocycles. The Morgan fingerprint density at radius 2 is 1.93 bits per heavy atom. The molecule has 0 fully saturated rings. The van der Waals surface area contributed by atoms with E-state index in [9.17, 15) is 4.79 Å². The van der Waals surface area contributed by atoms with Crippen LogP contribution in [0, 0.1) is 0 Å². The van der Waals surface area contributed by atoms with Gasteiger partial charge in [0.25, 0.3) is 0 Å². The molecule has 0 spiro atoms. The number of carboxylic acids is 1. The van der Waals surface area contributed by atoms with E-state index in [4.69, 9.17) is 5.11 Å². The number of carbonyl (C=O) groups is 1. The minimum atomic E-state index is -0.695. The normalized spacial score (nSPS) is 13.1. The lowest BCUT2D eigenvalue weighted by molar-refractivity contribution is -0.137. The van der Waals surface area contributed by atoms with E-state index in [-0.39, 0.29) is 6.42 Å². The van der Waals surface area contributed by atoms with Crippen molar-refractivity contribution in [2.45, 2.75) is 65.0 Å². The quantitative estimate of drug-likeness (QED) is 0.634. The second kappa shape index (κ2) is 7.80. The van der Waals surface area contributed by atoms with E-state index < -0.39 is 5.97 Å². The molecule has 0 rings (SSSR count). The molecule has 14 heavy (non-hydrogen) atoms. The van der Waals surface area contributed by atoms with Crippen LogP contribution in [0.15, 0.2) is 0 Å². The molecular weight excluding hydrogens is 178 g/mol. The first-order chi connectivity index (χ1) is 6.60. The van der Waals surface area contributed by atoms with Crippen LogP contribution in [0.1, 0.15) is 52.9 Å². The Balaban J connectivity index is 3.53. The fourth-order valence-electron chi connectivity index (χ4n) is 1.57. The Morgan fingerprint density at radius 1 is 1.36 bits per heavy atom. The molecule has 3 heteroatoms. The SMILES string of the molecule is CCC(CC)NC(C)CCCC(=O)O. The maximum atomic E-state index is 10.3. The summed E-state index contributed by atoms with van der Waals surface area (Å²) >= 11 is 0. The van der Waals surface area contributed by atoms with E-state index in [0.29, 0.717) is 12.1 Å². The Bertz CT molecular complexity index is 155. The zero-order valence-corrected chi connectivity index (χ0v) is 9.55. The van der Waals surface area contributed by atoms with Gasteiger partial charge >= 0.3 is 5.97 Å². The van der Waals surface area contributed by atoms with Gasteiger partial charge in [-0.1, -0.05) is 13.8 Å². The topological polar surface area (TPSA) is 49.3 Å². The molecule has 0 saturated heterocycles. The highest BCUT2D eigenvalue weighted by molar-refractivity contribution is 5.66. The Labute approximate surface area is 86.9 Å². The predicted octanol–water partition coefficient (Wildman–Crippen LogP) is 2.41. The maximum Gasteiger partial charge on any atom is 0.303 e. The molecule has 0 aromatic heterocycles. The summed E-state index contributed by atoms with van der Waals surface area (Å²) in [4.78, 5) is 10.3. The van der Waals surface area contributed by atoms with E-state index in [1.54, 1.807) is 0 Å². The number of carboxylic acid groups (broad SMARTS) is 1. The number of hydrogen-bond acceptors (Lipinski definition) is 2. The lowest BCUT2D eigenvalue weighted by Gasteiger charge is -2.20. The van der Waals surface area contributed by atoms with Crippen molar-refractivity contribution < 1.29 is 9.90 Å². The Kier molecular flexibility index (Phi) is 7.48. The molecule has 2 N–H and O–H groups in total.